The Balaban J connectivity index is 2.03. The predicted molar refractivity (Wildman–Crippen MR) is 112 cm³/mol. The fraction of sp³-hybridized carbons (Fsp3) is 0.350. The van der Waals surface area contributed by atoms with Gasteiger partial charge in [-0.1, -0.05) is 35.4 Å². The number of rotatable bonds is 7. The van der Waals surface area contributed by atoms with Crippen molar-refractivity contribution in [2.45, 2.75) is 33.6 Å². The van der Waals surface area contributed by atoms with Crippen molar-refractivity contribution in [2.24, 2.45) is 0 Å². The zero-order valence-electron chi connectivity index (χ0n) is 16.0. The molecule has 0 aliphatic heterocycles. The summed E-state index contributed by atoms with van der Waals surface area (Å²) < 4.78 is 25.7. The van der Waals surface area contributed by atoms with Gasteiger partial charge in [-0.2, -0.15) is 0 Å². The smallest absolute Gasteiger partial charge is 0.232 e. The SMILES string of the molecule is Cc1ccc(NC(=O)CCCN(c2cccc(Cl)c2C)S(C)(=O)=O)c(C)c1. The average Bonchev–Trinajstić information content (AvgIpc) is 2.56. The summed E-state index contributed by atoms with van der Waals surface area (Å²) in [6.07, 6.45) is 1.78. The molecule has 0 unspecified atom stereocenters. The fourth-order valence-corrected chi connectivity index (χ4v) is 4.07. The Morgan fingerprint density at radius 3 is 2.48 bits per heavy atom. The molecular weight excluding hydrogens is 384 g/mol. The average molecular weight is 409 g/mol. The van der Waals surface area contributed by atoms with E-state index < -0.39 is 10.0 Å². The number of anilines is 2. The summed E-state index contributed by atoms with van der Waals surface area (Å²) in [6, 6.07) is 11.0. The molecule has 146 valence electrons. The molecule has 2 rings (SSSR count). The normalized spacial score (nSPS) is 11.3. The molecule has 0 aromatic heterocycles. The highest BCUT2D eigenvalue weighted by Crippen LogP contribution is 2.28. The second kappa shape index (κ2) is 8.76. The third-order valence-corrected chi connectivity index (χ3v) is 5.92. The molecule has 0 saturated heterocycles. The van der Waals surface area contributed by atoms with Crippen LogP contribution in [0.3, 0.4) is 0 Å². The van der Waals surface area contributed by atoms with Gasteiger partial charge in [-0.15, -0.1) is 0 Å². The first-order chi connectivity index (χ1) is 12.6. The van der Waals surface area contributed by atoms with Gasteiger partial charge in [0.05, 0.1) is 11.9 Å². The second-order valence-electron chi connectivity index (χ2n) is 6.69. The van der Waals surface area contributed by atoms with Crippen LogP contribution in [0.25, 0.3) is 0 Å². The Morgan fingerprint density at radius 1 is 1.15 bits per heavy atom. The second-order valence-corrected chi connectivity index (χ2v) is 9.00. The number of halogens is 1. The van der Waals surface area contributed by atoms with Crippen LogP contribution in [-0.2, 0) is 14.8 Å². The Morgan fingerprint density at radius 2 is 1.85 bits per heavy atom. The number of carbonyl (C=O) groups is 1. The molecule has 1 amide bonds. The van der Waals surface area contributed by atoms with Gasteiger partial charge in [-0.3, -0.25) is 9.10 Å². The first-order valence-corrected chi connectivity index (χ1v) is 10.9. The van der Waals surface area contributed by atoms with Crippen LogP contribution in [0, 0.1) is 20.8 Å². The standard InChI is InChI=1S/C20H25ClN2O3S/c1-14-10-11-18(15(2)13-14)22-20(24)9-6-12-23(27(4,25)26)19-8-5-7-17(21)16(19)3/h5,7-8,10-11,13H,6,9,12H2,1-4H3,(H,22,24). The van der Waals surface area contributed by atoms with E-state index in [2.05, 4.69) is 5.32 Å². The lowest BCUT2D eigenvalue weighted by atomic mass is 10.1. The van der Waals surface area contributed by atoms with E-state index in [1.165, 1.54) is 4.31 Å². The van der Waals surface area contributed by atoms with E-state index in [-0.39, 0.29) is 18.9 Å². The highest BCUT2D eigenvalue weighted by atomic mass is 35.5. The van der Waals surface area contributed by atoms with Gasteiger partial charge in [0, 0.05) is 23.7 Å². The number of amides is 1. The monoisotopic (exact) mass is 408 g/mol. The predicted octanol–water partition coefficient (Wildman–Crippen LogP) is 4.45. The summed E-state index contributed by atoms with van der Waals surface area (Å²) in [5, 5.41) is 3.39. The van der Waals surface area contributed by atoms with Crippen molar-refractivity contribution >= 4 is 38.9 Å². The maximum absolute atomic E-state index is 12.2. The minimum atomic E-state index is -3.48. The van der Waals surface area contributed by atoms with E-state index >= 15 is 0 Å². The van der Waals surface area contributed by atoms with Crippen molar-refractivity contribution < 1.29 is 13.2 Å². The lowest BCUT2D eigenvalue weighted by Crippen LogP contribution is -2.32. The third kappa shape index (κ3) is 5.71. The quantitative estimate of drug-likeness (QED) is 0.735. The molecule has 0 fully saturated rings. The molecule has 5 nitrogen and oxygen atoms in total. The van der Waals surface area contributed by atoms with Crippen LogP contribution in [0.15, 0.2) is 36.4 Å². The van der Waals surface area contributed by atoms with E-state index in [4.69, 9.17) is 11.6 Å². The number of hydrogen-bond donors (Lipinski definition) is 1. The van der Waals surface area contributed by atoms with Gasteiger partial charge in [0.25, 0.3) is 0 Å². The van der Waals surface area contributed by atoms with Crippen LogP contribution >= 0.6 is 11.6 Å². The van der Waals surface area contributed by atoms with Crippen molar-refractivity contribution in [1.29, 1.82) is 0 Å². The molecule has 27 heavy (non-hydrogen) atoms. The number of nitrogens with zero attached hydrogens (tertiary/aromatic N) is 1. The number of hydrogen-bond acceptors (Lipinski definition) is 3. The minimum absolute atomic E-state index is 0.141. The van der Waals surface area contributed by atoms with Gasteiger partial charge in [0.1, 0.15) is 0 Å². The molecule has 1 N–H and O–H groups in total. The molecule has 2 aromatic carbocycles. The summed E-state index contributed by atoms with van der Waals surface area (Å²) in [4.78, 5) is 12.2. The highest BCUT2D eigenvalue weighted by molar-refractivity contribution is 7.92. The van der Waals surface area contributed by atoms with Gasteiger partial charge >= 0.3 is 0 Å². The van der Waals surface area contributed by atoms with Crippen LogP contribution in [-0.4, -0.2) is 27.1 Å². The first-order valence-electron chi connectivity index (χ1n) is 8.69. The van der Waals surface area contributed by atoms with Crippen LogP contribution in [0.1, 0.15) is 29.5 Å². The van der Waals surface area contributed by atoms with E-state index in [1.54, 1.807) is 25.1 Å². The Bertz CT molecular complexity index is 942. The Kier molecular flexibility index (Phi) is 6.89. The molecule has 0 saturated carbocycles. The highest BCUT2D eigenvalue weighted by Gasteiger charge is 2.20. The molecule has 0 heterocycles. The van der Waals surface area contributed by atoms with E-state index in [0.717, 1.165) is 23.1 Å². The van der Waals surface area contributed by atoms with Crippen molar-refractivity contribution in [3.63, 3.8) is 0 Å². The zero-order chi connectivity index (χ0) is 20.2. The summed E-state index contributed by atoms with van der Waals surface area (Å²) in [5.74, 6) is -0.141. The van der Waals surface area contributed by atoms with Gasteiger partial charge < -0.3 is 5.32 Å². The molecule has 7 heteroatoms. The molecule has 0 atom stereocenters. The van der Waals surface area contributed by atoms with Crippen LogP contribution in [0.4, 0.5) is 11.4 Å². The third-order valence-electron chi connectivity index (χ3n) is 4.33. The van der Waals surface area contributed by atoms with Crippen molar-refractivity contribution in [1.82, 2.24) is 0 Å². The maximum Gasteiger partial charge on any atom is 0.232 e. The van der Waals surface area contributed by atoms with Gasteiger partial charge in [-0.05, 0) is 56.5 Å². The summed E-state index contributed by atoms with van der Waals surface area (Å²) in [6.45, 7) is 5.93. The number of sulfonamides is 1. The minimum Gasteiger partial charge on any atom is -0.326 e. The number of benzene rings is 2. The molecule has 0 spiro atoms. The lowest BCUT2D eigenvalue weighted by Gasteiger charge is -2.24. The molecular formula is C20H25ClN2O3S. The van der Waals surface area contributed by atoms with Crippen LogP contribution < -0.4 is 9.62 Å². The number of carbonyl (C=O) groups excluding carboxylic acids is 1. The zero-order valence-corrected chi connectivity index (χ0v) is 17.6. The van der Waals surface area contributed by atoms with Gasteiger partial charge in [0.15, 0.2) is 0 Å². The largest absolute Gasteiger partial charge is 0.326 e. The van der Waals surface area contributed by atoms with Crippen molar-refractivity contribution in [2.75, 3.05) is 22.4 Å². The van der Waals surface area contributed by atoms with Crippen molar-refractivity contribution in [3.05, 3.63) is 58.1 Å². The Labute approximate surface area is 166 Å². The molecule has 0 aliphatic carbocycles. The molecule has 0 radical (unpaired) electrons. The van der Waals surface area contributed by atoms with E-state index in [1.807, 2.05) is 32.0 Å². The van der Waals surface area contributed by atoms with E-state index in [0.29, 0.717) is 22.7 Å². The number of aryl methyl sites for hydroxylation is 2. The lowest BCUT2D eigenvalue weighted by molar-refractivity contribution is -0.116. The summed E-state index contributed by atoms with van der Waals surface area (Å²) in [5.41, 5.74) is 4.14. The van der Waals surface area contributed by atoms with E-state index in [9.17, 15) is 13.2 Å². The van der Waals surface area contributed by atoms with Crippen LogP contribution in [0.2, 0.25) is 5.02 Å². The summed E-state index contributed by atoms with van der Waals surface area (Å²) >= 11 is 6.12. The van der Waals surface area contributed by atoms with Crippen LogP contribution in [0.5, 0.6) is 0 Å². The van der Waals surface area contributed by atoms with Gasteiger partial charge in [-0.25, -0.2) is 8.42 Å². The first kappa shape index (κ1) is 21.3. The maximum atomic E-state index is 12.2. The fourth-order valence-electron chi connectivity index (χ4n) is 2.88. The molecule has 2 aromatic rings. The van der Waals surface area contributed by atoms with Crippen molar-refractivity contribution in [3.8, 4) is 0 Å². The topological polar surface area (TPSA) is 66.5 Å². The summed E-state index contributed by atoms with van der Waals surface area (Å²) in [7, 11) is -3.48. The van der Waals surface area contributed by atoms with Gasteiger partial charge in [0.2, 0.25) is 15.9 Å². The Hall–Kier alpha value is -2.05. The number of nitrogens with one attached hydrogen (secondary N) is 1. The molecule has 0 aliphatic rings. The molecule has 0 bridgehead atoms.